The second-order valence-corrected chi connectivity index (χ2v) is 10.1. The lowest BCUT2D eigenvalue weighted by Crippen LogP contribution is -2.38. The van der Waals surface area contributed by atoms with Crippen LogP contribution in [0, 0.1) is 5.92 Å². The van der Waals surface area contributed by atoms with Gasteiger partial charge in [-0.3, -0.25) is 9.78 Å². The van der Waals surface area contributed by atoms with Crippen LogP contribution in [-0.2, 0) is 0 Å². The summed E-state index contributed by atoms with van der Waals surface area (Å²) in [4.78, 5) is 35.3. The number of thiazole rings is 1. The minimum atomic E-state index is -0.272. The normalized spacial score (nSPS) is 15.9. The van der Waals surface area contributed by atoms with Crippen molar-refractivity contribution in [3.8, 4) is 0 Å². The van der Waals surface area contributed by atoms with Crippen LogP contribution < -0.4 is 16.2 Å². The molecule has 2 amide bonds. The number of fused-ring (bicyclic) bond motifs is 5. The molecule has 1 fully saturated rings. The molecule has 156 valence electrons. The minimum absolute atomic E-state index is 0.229. The van der Waals surface area contributed by atoms with Crippen LogP contribution in [0.3, 0.4) is 0 Å². The highest BCUT2D eigenvalue weighted by atomic mass is 79.9. The van der Waals surface area contributed by atoms with Gasteiger partial charge in [0.2, 0.25) is 0 Å². The number of likely N-dealkylation sites (tertiary alicyclic amines) is 1. The van der Waals surface area contributed by atoms with E-state index in [0.29, 0.717) is 40.1 Å². The van der Waals surface area contributed by atoms with Crippen molar-refractivity contribution >= 4 is 65.8 Å². The number of carbonyl (C=O) groups excluding carboxylic acids is 1. The molecule has 11 heteroatoms. The smallest absolute Gasteiger partial charge is 0.319 e. The van der Waals surface area contributed by atoms with E-state index in [1.54, 1.807) is 16.8 Å². The summed E-state index contributed by atoms with van der Waals surface area (Å²) in [6.07, 6.45) is 5.57. The van der Waals surface area contributed by atoms with Crippen LogP contribution in [0.4, 0.5) is 10.5 Å². The predicted octanol–water partition coefficient (Wildman–Crippen LogP) is 3.01. The van der Waals surface area contributed by atoms with Crippen molar-refractivity contribution in [1.82, 2.24) is 29.8 Å². The molecule has 0 spiro atoms. The monoisotopic (exact) mass is 489 g/mol. The fraction of sp³-hybridized carbons (Fsp3) is 0.368. The summed E-state index contributed by atoms with van der Waals surface area (Å²) in [6.45, 7) is 2.78. The van der Waals surface area contributed by atoms with Crippen molar-refractivity contribution in [2.24, 2.45) is 5.92 Å². The lowest BCUT2D eigenvalue weighted by atomic mass is 9.97. The molecule has 0 aromatic carbocycles. The molecule has 1 aliphatic rings. The number of nitrogens with one attached hydrogen (secondary N) is 3. The number of amides is 2. The maximum absolute atomic E-state index is 12.7. The number of urea groups is 1. The van der Waals surface area contributed by atoms with Gasteiger partial charge in [-0.15, -0.1) is 11.3 Å². The van der Waals surface area contributed by atoms with Gasteiger partial charge in [-0.2, -0.15) is 5.10 Å². The lowest BCUT2D eigenvalue weighted by Gasteiger charge is -2.28. The standard InChI is InChI=1S/C19H20BrN7O2S/c1-26-4-2-10(3-5-26)7-22-19(29)23-11-6-12-15(21-8-11)16-14(17(28)24-12)18-27(25-16)9-13(20)30-18/h6,8-10H,2-5,7H2,1H3,(H,24,28)(H2,22,23,29). The zero-order chi connectivity index (χ0) is 20.8. The summed E-state index contributed by atoms with van der Waals surface area (Å²) in [6, 6.07) is 1.44. The van der Waals surface area contributed by atoms with Crippen LogP contribution in [0.5, 0.6) is 0 Å². The van der Waals surface area contributed by atoms with Gasteiger partial charge in [0.05, 0.1) is 27.4 Å². The zero-order valence-electron chi connectivity index (χ0n) is 16.2. The molecule has 0 unspecified atom stereocenters. The van der Waals surface area contributed by atoms with E-state index in [1.807, 2.05) is 6.20 Å². The fourth-order valence-corrected chi connectivity index (χ4v) is 5.34. The highest BCUT2D eigenvalue weighted by Crippen LogP contribution is 2.30. The van der Waals surface area contributed by atoms with E-state index in [2.05, 4.69) is 53.6 Å². The Morgan fingerprint density at radius 1 is 1.37 bits per heavy atom. The molecule has 1 saturated heterocycles. The molecule has 0 bridgehead atoms. The van der Waals surface area contributed by atoms with Gasteiger partial charge in [-0.05, 0) is 60.9 Å². The van der Waals surface area contributed by atoms with E-state index in [1.165, 1.54) is 11.3 Å². The van der Waals surface area contributed by atoms with E-state index in [9.17, 15) is 9.59 Å². The Labute approximate surface area is 183 Å². The Balaban J connectivity index is 1.36. The van der Waals surface area contributed by atoms with Gasteiger partial charge < -0.3 is 20.5 Å². The second-order valence-electron chi connectivity index (χ2n) is 7.66. The van der Waals surface area contributed by atoms with Crippen molar-refractivity contribution in [2.75, 3.05) is 32.0 Å². The molecular formula is C19H20BrN7O2S. The third kappa shape index (κ3) is 3.57. The van der Waals surface area contributed by atoms with Crippen LogP contribution >= 0.6 is 27.3 Å². The molecular weight excluding hydrogens is 470 g/mol. The van der Waals surface area contributed by atoms with E-state index in [0.717, 1.165) is 34.5 Å². The summed E-state index contributed by atoms with van der Waals surface area (Å²) in [5.41, 5.74) is 1.96. The number of hydrogen-bond donors (Lipinski definition) is 3. The van der Waals surface area contributed by atoms with E-state index < -0.39 is 0 Å². The number of halogens is 1. The molecule has 4 aromatic heterocycles. The molecule has 30 heavy (non-hydrogen) atoms. The first kappa shape index (κ1) is 19.5. The molecule has 0 atom stereocenters. The molecule has 3 N–H and O–H groups in total. The minimum Gasteiger partial charge on any atom is -0.338 e. The number of pyridine rings is 2. The first-order valence-electron chi connectivity index (χ1n) is 9.71. The van der Waals surface area contributed by atoms with Crippen molar-refractivity contribution in [2.45, 2.75) is 12.8 Å². The largest absolute Gasteiger partial charge is 0.338 e. The van der Waals surface area contributed by atoms with Crippen LogP contribution in [0.2, 0.25) is 0 Å². The van der Waals surface area contributed by atoms with Crippen molar-refractivity contribution in [3.05, 3.63) is 32.6 Å². The Morgan fingerprint density at radius 3 is 2.97 bits per heavy atom. The van der Waals surface area contributed by atoms with Crippen LogP contribution in [0.25, 0.3) is 26.8 Å². The van der Waals surface area contributed by atoms with Gasteiger partial charge in [0, 0.05) is 6.54 Å². The average Bonchev–Trinajstić information content (AvgIpc) is 3.23. The maximum Gasteiger partial charge on any atom is 0.319 e. The first-order chi connectivity index (χ1) is 14.5. The molecule has 0 saturated carbocycles. The first-order valence-corrected chi connectivity index (χ1v) is 11.3. The number of aromatic amines is 1. The van der Waals surface area contributed by atoms with E-state index in [-0.39, 0.29) is 11.6 Å². The molecule has 5 rings (SSSR count). The van der Waals surface area contributed by atoms with Gasteiger partial charge >= 0.3 is 6.03 Å². The number of H-pyrrole nitrogens is 1. The van der Waals surface area contributed by atoms with Crippen molar-refractivity contribution in [1.29, 1.82) is 0 Å². The Bertz CT molecular complexity index is 1320. The maximum atomic E-state index is 12.7. The Kier molecular flexibility index (Phi) is 4.95. The summed E-state index contributed by atoms with van der Waals surface area (Å²) in [5, 5.41) is 10.8. The van der Waals surface area contributed by atoms with Gasteiger partial charge in [0.1, 0.15) is 21.3 Å². The molecule has 1 aliphatic heterocycles. The fourth-order valence-electron chi connectivity index (χ4n) is 3.87. The summed E-state index contributed by atoms with van der Waals surface area (Å²) < 4.78 is 2.57. The van der Waals surface area contributed by atoms with Crippen LogP contribution in [-0.4, -0.2) is 57.2 Å². The number of aromatic nitrogens is 4. The summed E-state index contributed by atoms with van der Waals surface area (Å²) in [7, 11) is 2.12. The van der Waals surface area contributed by atoms with Crippen LogP contribution in [0.1, 0.15) is 12.8 Å². The van der Waals surface area contributed by atoms with Crippen LogP contribution in [0.15, 0.2) is 27.0 Å². The highest BCUT2D eigenvalue weighted by molar-refractivity contribution is 9.11. The summed E-state index contributed by atoms with van der Waals surface area (Å²) >= 11 is 4.86. The van der Waals surface area contributed by atoms with Gasteiger partial charge in [-0.1, -0.05) is 0 Å². The average molecular weight is 490 g/mol. The topological polar surface area (TPSA) is 107 Å². The summed E-state index contributed by atoms with van der Waals surface area (Å²) in [5.74, 6) is 0.501. The third-order valence-electron chi connectivity index (χ3n) is 5.52. The number of rotatable bonds is 3. The number of carbonyl (C=O) groups is 1. The molecule has 9 nitrogen and oxygen atoms in total. The molecule has 0 aliphatic carbocycles. The van der Waals surface area contributed by atoms with Gasteiger partial charge in [0.25, 0.3) is 5.56 Å². The number of nitrogens with zero attached hydrogens (tertiary/aromatic N) is 4. The van der Waals surface area contributed by atoms with Gasteiger partial charge in [-0.25, -0.2) is 9.31 Å². The quantitative estimate of drug-likeness (QED) is 0.409. The predicted molar refractivity (Wildman–Crippen MR) is 121 cm³/mol. The number of hydrogen-bond acceptors (Lipinski definition) is 6. The van der Waals surface area contributed by atoms with Crippen molar-refractivity contribution in [3.63, 3.8) is 0 Å². The Morgan fingerprint density at radius 2 is 2.17 bits per heavy atom. The second kappa shape index (κ2) is 7.64. The molecule has 0 radical (unpaired) electrons. The van der Waals surface area contributed by atoms with Gasteiger partial charge in [0.15, 0.2) is 0 Å². The molecule has 4 aromatic rings. The third-order valence-corrected chi connectivity index (χ3v) is 7.09. The van der Waals surface area contributed by atoms with Crippen molar-refractivity contribution < 1.29 is 4.79 Å². The molecule has 5 heterocycles. The highest BCUT2D eigenvalue weighted by Gasteiger charge is 2.18. The number of piperidine rings is 1. The van der Waals surface area contributed by atoms with E-state index in [4.69, 9.17) is 0 Å². The zero-order valence-corrected chi connectivity index (χ0v) is 18.6. The number of anilines is 1. The SMILES string of the molecule is CN1CCC(CNC(=O)Nc2cnc3c(c2)[nH]c(=O)c2c3nn3cc(Br)sc23)CC1. The lowest BCUT2D eigenvalue weighted by molar-refractivity contribution is 0.213. The van der Waals surface area contributed by atoms with E-state index >= 15 is 0 Å². The Hall–Kier alpha value is -2.50.